The molecule has 3 rings (SSSR count). The first-order chi connectivity index (χ1) is 15.9. The van der Waals surface area contributed by atoms with Crippen LogP contribution in [0.1, 0.15) is 44.0 Å². The smallest absolute Gasteiger partial charge is 0.251 e. The van der Waals surface area contributed by atoms with Gasteiger partial charge in [-0.2, -0.15) is 0 Å². The van der Waals surface area contributed by atoms with E-state index < -0.39 is 6.04 Å². The van der Waals surface area contributed by atoms with Gasteiger partial charge in [-0.05, 0) is 68.1 Å². The summed E-state index contributed by atoms with van der Waals surface area (Å²) in [7, 11) is 0. The predicted molar refractivity (Wildman–Crippen MR) is 128 cm³/mol. The Hall–Kier alpha value is -2.77. The summed E-state index contributed by atoms with van der Waals surface area (Å²) in [6, 6.07) is 11.1. The third kappa shape index (κ3) is 7.11. The first-order valence-electron chi connectivity index (χ1n) is 11.3. The third-order valence-electron chi connectivity index (χ3n) is 5.31. The summed E-state index contributed by atoms with van der Waals surface area (Å²) in [5.41, 5.74) is 0.895. The zero-order valence-corrected chi connectivity index (χ0v) is 20.0. The van der Waals surface area contributed by atoms with Crippen LogP contribution >= 0.6 is 11.6 Å². The van der Waals surface area contributed by atoms with Crippen molar-refractivity contribution in [1.82, 2.24) is 5.32 Å². The molecule has 2 unspecified atom stereocenters. The summed E-state index contributed by atoms with van der Waals surface area (Å²) in [5.74, 6) is 0.348. The Kier molecular flexibility index (Phi) is 8.97. The Morgan fingerprint density at radius 3 is 2.55 bits per heavy atom. The van der Waals surface area contributed by atoms with Crippen molar-refractivity contribution < 1.29 is 23.8 Å². The lowest BCUT2D eigenvalue weighted by molar-refractivity contribution is -0.118. The maximum absolute atomic E-state index is 13.1. The molecule has 2 N–H and O–H groups in total. The van der Waals surface area contributed by atoms with E-state index in [4.69, 9.17) is 25.8 Å². The van der Waals surface area contributed by atoms with Crippen LogP contribution in [-0.4, -0.2) is 43.8 Å². The minimum atomic E-state index is -0.755. The number of benzene rings is 2. The molecule has 33 heavy (non-hydrogen) atoms. The van der Waals surface area contributed by atoms with Gasteiger partial charge >= 0.3 is 0 Å². The van der Waals surface area contributed by atoms with Crippen LogP contribution in [0.4, 0.5) is 5.69 Å². The van der Waals surface area contributed by atoms with Gasteiger partial charge in [0.25, 0.3) is 5.91 Å². The van der Waals surface area contributed by atoms with Crippen molar-refractivity contribution in [3.63, 3.8) is 0 Å². The van der Waals surface area contributed by atoms with Crippen LogP contribution in [0.2, 0.25) is 5.02 Å². The van der Waals surface area contributed by atoms with Crippen LogP contribution < -0.4 is 20.1 Å². The Balaban J connectivity index is 1.68. The molecule has 7 nitrogen and oxygen atoms in total. The van der Waals surface area contributed by atoms with Crippen LogP contribution in [0.15, 0.2) is 42.5 Å². The maximum Gasteiger partial charge on any atom is 0.251 e. The van der Waals surface area contributed by atoms with Gasteiger partial charge in [-0.15, -0.1) is 0 Å². The number of carbonyl (C=O) groups excluding carboxylic acids is 2. The Labute approximate surface area is 199 Å². The number of nitrogens with one attached hydrogen (secondary N) is 2. The van der Waals surface area contributed by atoms with Crippen molar-refractivity contribution in [1.29, 1.82) is 0 Å². The van der Waals surface area contributed by atoms with Crippen LogP contribution in [0.3, 0.4) is 0 Å². The fourth-order valence-corrected chi connectivity index (χ4v) is 3.70. The summed E-state index contributed by atoms with van der Waals surface area (Å²) < 4.78 is 16.9. The van der Waals surface area contributed by atoms with E-state index in [0.717, 1.165) is 19.4 Å². The van der Waals surface area contributed by atoms with Gasteiger partial charge < -0.3 is 24.8 Å². The highest BCUT2D eigenvalue weighted by atomic mass is 35.5. The molecular formula is C25H31ClN2O5. The molecule has 178 valence electrons. The quantitative estimate of drug-likeness (QED) is 0.521. The van der Waals surface area contributed by atoms with E-state index in [1.165, 1.54) is 0 Å². The molecule has 0 bridgehead atoms. The molecule has 1 aliphatic rings. The van der Waals surface area contributed by atoms with Crippen molar-refractivity contribution >= 4 is 29.1 Å². The lowest BCUT2D eigenvalue weighted by atomic mass is 10.0. The van der Waals surface area contributed by atoms with Gasteiger partial charge in [0.1, 0.15) is 24.1 Å². The van der Waals surface area contributed by atoms with Gasteiger partial charge in [0.15, 0.2) is 0 Å². The molecule has 2 aromatic carbocycles. The van der Waals surface area contributed by atoms with Crippen LogP contribution in [-0.2, 0) is 9.53 Å². The molecule has 0 spiro atoms. The van der Waals surface area contributed by atoms with Gasteiger partial charge in [-0.3, -0.25) is 9.59 Å². The first kappa shape index (κ1) is 24.9. The van der Waals surface area contributed by atoms with E-state index >= 15 is 0 Å². The van der Waals surface area contributed by atoms with E-state index in [2.05, 4.69) is 10.6 Å². The molecule has 1 heterocycles. The molecule has 2 atom stereocenters. The monoisotopic (exact) mass is 474 g/mol. The van der Waals surface area contributed by atoms with Crippen molar-refractivity contribution in [2.75, 3.05) is 25.1 Å². The van der Waals surface area contributed by atoms with Crippen LogP contribution in [0.25, 0.3) is 0 Å². The van der Waals surface area contributed by atoms with Crippen molar-refractivity contribution in [2.45, 2.75) is 45.8 Å². The van der Waals surface area contributed by atoms with E-state index in [9.17, 15) is 9.59 Å². The van der Waals surface area contributed by atoms with Gasteiger partial charge in [0, 0.05) is 17.2 Å². The number of hydrogen-bond acceptors (Lipinski definition) is 5. The second kappa shape index (κ2) is 11.9. The molecule has 0 radical (unpaired) electrons. The molecule has 1 saturated heterocycles. The molecule has 1 fully saturated rings. The SMILES string of the molecule is CCOc1ccc(C(=O)NC(C(=O)Nc2cc(Cl)ccc2OCC2CCCO2)C(C)C)cc1. The molecule has 2 aromatic rings. The number of hydrogen-bond donors (Lipinski definition) is 2. The highest BCUT2D eigenvalue weighted by Gasteiger charge is 2.26. The van der Waals surface area contributed by atoms with E-state index in [0.29, 0.717) is 41.0 Å². The summed E-state index contributed by atoms with van der Waals surface area (Å²) in [6.07, 6.45) is 2.01. The average Bonchev–Trinajstić information content (AvgIpc) is 3.31. The minimum absolute atomic E-state index is 0.0426. The van der Waals surface area contributed by atoms with E-state index in [1.54, 1.807) is 42.5 Å². The number of anilines is 1. The summed E-state index contributed by atoms with van der Waals surface area (Å²) in [4.78, 5) is 25.9. The summed E-state index contributed by atoms with van der Waals surface area (Å²) in [6.45, 7) is 7.31. The minimum Gasteiger partial charge on any atom is -0.494 e. The number of amides is 2. The molecule has 8 heteroatoms. The van der Waals surface area contributed by atoms with Gasteiger partial charge in [-0.25, -0.2) is 0 Å². The highest BCUT2D eigenvalue weighted by Crippen LogP contribution is 2.29. The molecule has 0 aromatic heterocycles. The van der Waals surface area contributed by atoms with Crippen LogP contribution in [0, 0.1) is 5.92 Å². The Bertz CT molecular complexity index is 942. The largest absolute Gasteiger partial charge is 0.494 e. The Morgan fingerprint density at radius 2 is 1.91 bits per heavy atom. The Morgan fingerprint density at radius 1 is 1.15 bits per heavy atom. The lowest BCUT2D eigenvalue weighted by Crippen LogP contribution is -2.47. The zero-order chi connectivity index (χ0) is 23.8. The normalized spacial score (nSPS) is 16.3. The van der Waals surface area contributed by atoms with Gasteiger partial charge in [0.05, 0.1) is 18.4 Å². The number of halogens is 1. The second-order valence-electron chi connectivity index (χ2n) is 8.23. The maximum atomic E-state index is 13.1. The van der Waals surface area contributed by atoms with Crippen LogP contribution in [0.5, 0.6) is 11.5 Å². The molecule has 1 aliphatic heterocycles. The molecule has 0 saturated carbocycles. The number of carbonyl (C=O) groups is 2. The zero-order valence-electron chi connectivity index (χ0n) is 19.2. The number of rotatable bonds is 10. The molecule has 2 amide bonds. The van der Waals surface area contributed by atoms with E-state index in [1.807, 2.05) is 20.8 Å². The van der Waals surface area contributed by atoms with Crippen molar-refractivity contribution in [2.24, 2.45) is 5.92 Å². The first-order valence-corrected chi connectivity index (χ1v) is 11.6. The van der Waals surface area contributed by atoms with Crippen molar-refractivity contribution in [3.05, 3.63) is 53.1 Å². The van der Waals surface area contributed by atoms with Gasteiger partial charge in [0.2, 0.25) is 5.91 Å². The molecule has 0 aliphatic carbocycles. The summed E-state index contributed by atoms with van der Waals surface area (Å²) in [5, 5.41) is 6.16. The lowest BCUT2D eigenvalue weighted by Gasteiger charge is -2.23. The van der Waals surface area contributed by atoms with E-state index in [-0.39, 0.29) is 23.8 Å². The predicted octanol–water partition coefficient (Wildman–Crippen LogP) is 4.69. The summed E-state index contributed by atoms with van der Waals surface area (Å²) >= 11 is 6.16. The fourth-order valence-electron chi connectivity index (χ4n) is 3.52. The highest BCUT2D eigenvalue weighted by molar-refractivity contribution is 6.31. The topological polar surface area (TPSA) is 85.9 Å². The standard InChI is InChI=1S/C25H31ClN2O5/c1-4-31-19-10-7-17(8-11-19)24(29)28-23(16(2)3)25(30)27-21-14-18(26)9-12-22(21)33-15-20-6-5-13-32-20/h7-12,14,16,20,23H,4-6,13,15H2,1-3H3,(H,27,30)(H,28,29). The second-order valence-corrected chi connectivity index (χ2v) is 8.66. The number of ether oxygens (including phenoxy) is 3. The fraction of sp³-hybridized carbons (Fsp3) is 0.440. The van der Waals surface area contributed by atoms with Gasteiger partial charge in [-0.1, -0.05) is 25.4 Å². The van der Waals surface area contributed by atoms with Crippen molar-refractivity contribution in [3.8, 4) is 11.5 Å². The third-order valence-corrected chi connectivity index (χ3v) is 5.55. The molecular weight excluding hydrogens is 444 g/mol. The average molecular weight is 475 g/mol.